The van der Waals surface area contributed by atoms with Crippen molar-refractivity contribution < 1.29 is 0 Å². The summed E-state index contributed by atoms with van der Waals surface area (Å²) in [6.45, 7) is 0.584. The van der Waals surface area contributed by atoms with Gasteiger partial charge in [0, 0.05) is 6.54 Å². The lowest BCUT2D eigenvalue weighted by atomic mass is 9.95. The minimum Gasteiger partial charge on any atom is -0.326 e. The number of nitrogens with two attached hydrogens (primary N) is 1. The summed E-state index contributed by atoms with van der Waals surface area (Å²) in [7, 11) is 5.44. The third-order valence-corrected chi connectivity index (χ3v) is 1.88. The maximum absolute atomic E-state index is 5.44. The van der Waals surface area contributed by atoms with Crippen LogP contribution >= 0.6 is 0 Å². The molecule has 2 N–H and O–H groups in total. The van der Waals surface area contributed by atoms with Crippen molar-refractivity contribution >= 4 is 13.3 Å². The van der Waals surface area contributed by atoms with Crippen molar-refractivity contribution in [2.24, 2.45) is 5.73 Å². The molecule has 2 aromatic rings. The molecule has 2 aromatic carbocycles. The van der Waals surface area contributed by atoms with Gasteiger partial charge in [0.2, 0.25) is 0 Å². The molecule has 0 aliphatic heterocycles. The van der Waals surface area contributed by atoms with E-state index in [1.54, 1.807) is 0 Å². The lowest BCUT2D eigenvalue weighted by molar-refractivity contribution is 1.07. The van der Waals surface area contributed by atoms with Crippen LogP contribution in [0.3, 0.4) is 0 Å². The Kier molecular flexibility index (Phi) is 5.27. The van der Waals surface area contributed by atoms with E-state index in [2.05, 4.69) is 0 Å². The Morgan fingerprint density at radius 1 is 0.800 bits per heavy atom. The quantitative estimate of drug-likeness (QED) is 0.687. The molecule has 0 aromatic heterocycles. The summed E-state index contributed by atoms with van der Waals surface area (Å²) in [5.74, 6) is 0. The summed E-state index contributed by atoms with van der Waals surface area (Å²) in [5, 5.41) is 0. The molecule has 2 heteroatoms. The Labute approximate surface area is 92.4 Å². The Morgan fingerprint density at radius 2 is 1.20 bits per heavy atom. The van der Waals surface area contributed by atoms with Crippen LogP contribution in [-0.4, -0.2) is 7.85 Å². The van der Waals surface area contributed by atoms with E-state index in [1.165, 1.54) is 0 Å². The van der Waals surface area contributed by atoms with Crippen LogP contribution in [0.25, 0.3) is 0 Å². The maximum atomic E-state index is 5.44. The molecule has 0 bridgehead atoms. The number of benzene rings is 2. The third kappa shape index (κ3) is 5.04. The van der Waals surface area contributed by atoms with Crippen molar-refractivity contribution in [3.63, 3.8) is 0 Å². The number of hydrogen-bond acceptors (Lipinski definition) is 1. The number of rotatable bonds is 1. The molecule has 2 rings (SSSR count). The molecular weight excluding hydrogens is 181 g/mol. The standard InChI is InChI=1S/C7H8BN.C6H6/c8-7-3-1-6(5-9)2-4-7;1-2-4-6-5-3-1/h1-4H,5,9H2;1-6H. The molecule has 0 amide bonds. The zero-order valence-corrected chi connectivity index (χ0v) is 8.64. The lowest BCUT2D eigenvalue weighted by Crippen LogP contribution is -2.02. The van der Waals surface area contributed by atoms with Gasteiger partial charge in [0.25, 0.3) is 0 Å². The highest BCUT2D eigenvalue weighted by Gasteiger charge is 1.84. The molecule has 0 atom stereocenters. The minimum absolute atomic E-state index is 0.584. The lowest BCUT2D eigenvalue weighted by Gasteiger charge is -1.94. The van der Waals surface area contributed by atoms with Crippen LogP contribution < -0.4 is 11.2 Å². The smallest absolute Gasteiger partial charge is 0.113 e. The second-order valence-electron chi connectivity index (χ2n) is 3.10. The van der Waals surface area contributed by atoms with Gasteiger partial charge in [0.1, 0.15) is 7.85 Å². The molecule has 0 fully saturated rings. The summed E-state index contributed by atoms with van der Waals surface area (Å²) in [6, 6.07) is 19.6. The highest BCUT2D eigenvalue weighted by molar-refractivity contribution is 6.32. The first-order valence-electron chi connectivity index (χ1n) is 4.87. The van der Waals surface area contributed by atoms with Crippen LogP contribution in [0.2, 0.25) is 0 Å². The van der Waals surface area contributed by atoms with Gasteiger partial charge in [0.05, 0.1) is 0 Å². The predicted octanol–water partition coefficient (Wildman–Crippen LogP) is 1.63. The van der Waals surface area contributed by atoms with E-state index in [1.807, 2.05) is 60.7 Å². The summed E-state index contributed by atoms with van der Waals surface area (Å²) in [5.41, 5.74) is 7.26. The largest absolute Gasteiger partial charge is 0.326 e. The van der Waals surface area contributed by atoms with Gasteiger partial charge in [-0.25, -0.2) is 0 Å². The van der Waals surface area contributed by atoms with Crippen molar-refractivity contribution in [3.05, 3.63) is 66.2 Å². The first kappa shape index (κ1) is 11.5. The Balaban J connectivity index is 0.000000162. The average molecular weight is 195 g/mol. The van der Waals surface area contributed by atoms with Gasteiger partial charge in [-0.05, 0) is 5.56 Å². The van der Waals surface area contributed by atoms with Crippen molar-refractivity contribution in [3.8, 4) is 0 Å². The van der Waals surface area contributed by atoms with Gasteiger partial charge in [-0.15, -0.1) is 0 Å². The minimum atomic E-state index is 0.584. The van der Waals surface area contributed by atoms with Gasteiger partial charge in [0.15, 0.2) is 0 Å². The highest BCUT2D eigenvalue weighted by atomic mass is 14.5. The van der Waals surface area contributed by atoms with Crippen LogP contribution in [0, 0.1) is 0 Å². The van der Waals surface area contributed by atoms with E-state index >= 15 is 0 Å². The topological polar surface area (TPSA) is 26.0 Å². The zero-order valence-electron chi connectivity index (χ0n) is 8.64. The molecule has 0 unspecified atom stereocenters. The van der Waals surface area contributed by atoms with E-state index in [-0.39, 0.29) is 0 Å². The third-order valence-electron chi connectivity index (χ3n) is 1.88. The molecule has 2 radical (unpaired) electrons. The van der Waals surface area contributed by atoms with Gasteiger partial charge in [-0.2, -0.15) is 0 Å². The molecule has 0 spiro atoms. The van der Waals surface area contributed by atoms with Gasteiger partial charge in [-0.3, -0.25) is 0 Å². The second kappa shape index (κ2) is 6.85. The van der Waals surface area contributed by atoms with Crippen molar-refractivity contribution in [2.75, 3.05) is 0 Å². The SMILES string of the molecule is [B]c1ccc(CN)cc1.c1ccccc1. The highest BCUT2D eigenvalue weighted by Crippen LogP contribution is 1.92. The summed E-state index contributed by atoms with van der Waals surface area (Å²) < 4.78 is 0. The second-order valence-corrected chi connectivity index (χ2v) is 3.10. The Hall–Kier alpha value is -1.54. The molecule has 0 aliphatic rings. The van der Waals surface area contributed by atoms with Crippen LogP contribution in [-0.2, 0) is 6.54 Å². The summed E-state index contributed by atoms with van der Waals surface area (Å²) in [4.78, 5) is 0. The van der Waals surface area contributed by atoms with Crippen molar-refractivity contribution in [2.45, 2.75) is 6.54 Å². The normalized spacial score (nSPS) is 8.87. The van der Waals surface area contributed by atoms with E-state index in [4.69, 9.17) is 13.6 Å². The fourth-order valence-corrected chi connectivity index (χ4v) is 1.04. The monoisotopic (exact) mass is 195 g/mol. The van der Waals surface area contributed by atoms with E-state index in [0.29, 0.717) is 6.54 Å². The molecule has 0 heterocycles. The van der Waals surface area contributed by atoms with E-state index < -0.39 is 0 Å². The zero-order chi connectivity index (χ0) is 10.9. The Morgan fingerprint density at radius 3 is 1.53 bits per heavy atom. The van der Waals surface area contributed by atoms with E-state index in [0.717, 1.165) is 11.0 Å². The van der Waals surface area contributed by atoms with Crippen molar-refractivity contribution in [1.82, 2.24) is 0 Å². The van der Waals surface area contributed by atoms with Crippen LogP contribution in [0.5, 0.6) is 0 Å². The van der Waals surface area contributed by atoms with Crippen molar-refractivity contribution in [1.29, 1.82) is 0 Å². The Bertz CT molecular complexity index is 329. The van der Waals surface area contributed by atoms with Crippen LogP contribution in [0.1, 0.15) is 5.56 Å². The van der Waals surface area contributed by atoms with Crippen LogP contribution in [0.15, 0.2) is 60.7 Å². The predicted molar refractivity (Wildman–Crippen MR) is 66.2 cm³/mol. The van der Waals surface area contributed by atoms with Gasteiger partial charge in [-0.1, -0.05) is 66.1 Å². The molecule has 0 aliphatic carbocycles. The van der Waals surface area contributed by atoms with E-state index in [9.17, 15) is 0 Å². The molecular formula is C13H14BN. The fraction of sp³-hybridized carbons (Fsp3) is 0.0769. The molecule has 0 saturated heterocycles. The first-order valence-corrected chi connectivity index (χ1v) is 4.87. The average Bonchev–Trinajstić information content (AvgIpc) is 2.33. The summed E-state index contributed by atoms with van der Waals surface area (Å²) in [6.07, 6.45) is 0. The van der Waals surface area contributed by atoms with Gasteiger partial charge < -0.3 is 5.73 Å². The maximum Gasteiger partial charge on any atom is 0.113 e. The van der Waals surface area contributed by atoms with Crippen LogP contribution in [0.4, 0.5) is 0 Å². The fourth-order valence-electron chi connectivity index (χ4n) is 1.04. The summed E-state index contributed by atoms with van der Waals surface area (Å²) >= 11 is 0. The first-order chi connectivity index (χ1) is 7.33. The molecule has 1 nitrogen and oxygen atoms in total. The number of hydrogen-bond donors (Lipinski definition) is 1. The molecule has 74 valence electrons. The van der Waals surface area contributed by atoms with Gasteiger partial charge >= 0.3 is 0 Å². The molecule has 0 saturated carbocycles. The molecule has 15 heavy (non-hydrogen) atoms.